The predicted octanol–water partition coefficient (Wildman–Crippen LogP) is 5.07. The Morgan fingerprint density at radius 1 is 1.29 bits per heavy atom. The van der Waals surface area contributed by atoms with Gasteiger partial charge in [-0.25, -0.2) is 0 Å². The fourth-order valence-corrected chi connectivity index (χ4v) is 3.35. The molecule has 0 saturated heterocycles. The summed E-state index contributed by atoms with van der Waals surface area (Å²) in [6.45, 7) is 1.71. The van der Waals surface area contributed by atoms with Crippen LogP contribution in [0, 0.1) is 6.92 Å². The van der Waals surface area contributed by atoms with E-state index in [0.29, 0.717) is 10.8 Å². The van der Waals surface area contributed by atoms with E-state index < -0.39 is 0 Å². The fourth-order valence-electron chi connectivity index (χ4n) is 1.79. The highest BCUT2D eigenvalue weighted by molar-refractivity contribution is 9.11. The number of hydrogen-bond donors (Lipinski definition) is 2. The number of thiocarbonyl (C=S) groups is 1. The van der Waals surface area contributed by atoms with Gasteiger partial charge in [-0.05, 0) is 71.0 Å². The summed E-state index contributed by atoms with van der Waals surface area (Å²) < 4.78 is 7.12. The first-order valence-corrected chi connectivity index (χ1v) is 9.18. The van der Waals surface area contributed by atoms with Crippen LogP contribution in [-0.2, 0) is 4.79 Å². The number of ether oxygens (including phenoxy) is 1. The summed E-state index contributed by atoms with van der Waals surface area (Å²) in [7, 11) is 0. The van der Waals surface area contributed by atoms with Crippen LogP contribution in [0.25, 0.3) is 0 Å². The summed E-state index contributed by atoms with van der Waals surface area (Å²) in [5.41, 5.74) is 1.59. The molecule has 2 rings (SSSR count). The minimum atomic E-state index is -0.359. The highest BCUT2D eigenvalue weighted by Gasteiger charge is 2.09. The molecule has 0 unspecified atom stereocenters. The van der Waals surface area contributed by atoms with E-state index in [0.717, 1.165) is 20.2 Å². The third-order valence-electron chi connectivity index (χ3n) is 3.02. The number of nitrogens with one attached hydrogen (secondary N) is 2. The Kier molecular flexibility index (Phi) is 7.03. The SMILES string of the molecule is Cc1c(Cl)cccc1NC(=S)NC(=O)COc1ccc(Br)cc1Br. The molecule has 0 atom stereocenters. The normalized spacial score (nSPS) is 10.2. The maximum Gasteiger partial charge on any atom is 0.264 e. The molecular formula is C16H13Br2ClN2O2S. The molecule has 24 heavy (non-hydrogen) atoms. The third kappa shape index (κ3) is 5.44. The number of benzene rings is 2. The molecule has 2 N–H and O–H groups in total. The van der Waals surface area contributed by atoms with Gasteiger partial charge in [-0.15, -0.1) is 0 Å². The molecule has 1 amide bonds. The molecule has 0 heterocycles. The summed E-state index contributed by atoms with van der Waals surface area (Å²) in [6, 6.07) is 10.8. The van der Waals surface area contributed by atoms with Crippen LogP contribution in [0.15, 0.2) is 45.3 Å². The molecule has 0 radical (unpaired) electrons. The number of hydrogen-bond acceptors (Lipinski definition) is 3. The number of amides is 1. The molecule has 0 spiro atoms. The summed E-state index contributed by atoms with van der Waals surface area (Å²) in [6.07, 6.45) is 0. The fraction of sp³-hybridized carbons (Fsp3) is 0.125. The van der Waals surface area contributed by atoms with Crippen molar-refractivity contribution < 1.29 is 9.53 Å². The third-order valence-corrected chi connectivity index (χ3v) is 4.75. The second kappa shape index (κ2) is 8.80. The Hall–Kier alpha value is -1.15. The topological polar surface area (TPSA) is 50.4 Å². The first-order valence-electron chi connectivity index (χ1n) is 6.80. The van der Waals surface area contributed by atoms with Crippen LogP contribution < -0.4 is 15.4 Å². The van der Waals surface area contributed by atoms with Crippen LogP contribution in [0.4, 0.5) is 5.69 Å². The highest BCUT2D eigenvalue weighted by atomic mass is 79.9. The van der Waals surface area contributed by atoms with Crippen LogP contribution in [0.1, 0.15) is 5.56 Å². The van der Waals surface area contributed by atoms with Crippen molar-refractivity contribution in [2.75, 3.05) is 11.9 Å². The van der Waals surface area contributed by atoms with Gasteiger partial charge >= 0.3 is 0 Å². The van der Waals surface area contributed by atoms with Crippen molar-refractivity contribution in [3.8, 4) is 5.75 Å². The van der Waals surface area contributed by atoms with E-state index >= 15 is 0 Å². The van der Waals surface area contributed by atoms with E-state index in [4.69, 9.17) is 28.6 Å². The van der Waals surface area contributed by atoms with Gasteiger partial charge in [0.15, 0.2) is 11.7 Å². The number of carbonyl (C=O) groups excluding carboxylic acids is 1. The lowest BCUT2D eigenvalue weighted by atomic mass is 10.2. The van der Waals surface area contributed by atoms with Gasteiger partial charge in [0.25, 0.3) is 5.91 Å². The Labute approximate surface area is 167 Å². The Bertz CT molecular complexity index is 787. The second-order valence-corrected chi connectivity index (χ2v) is 7.36. The molecule has 0 aromatic heterocycles. The van der Waals surface area contributed by atoms with E-state index in [9.17, 15) is 4.79 Å². The average Bonchev–Trinajstić information content (AvgIpc) is 2.51. The Morgan fingerprint density at radius 2 is 2.04 bits per heavy atom. The lowest BCUT2D eigenvalue weighted by Gasteiger charge is -2.13. The monoisotopic (exact) mass is 490 g/mol. The van der Waals surface area contributed by atoms with Crippen molar-refractivity contribution >= 4 is 72.4 Å². The molecule has 126 valence electrons. The molecule has 2 aromatic rings. The Balaban J connectivity index is 1.87. The molecule has 4 nitrogen and oxygen atoms in total. The zero-order valence-corrected chi connectivity index (χ0v) is 17.3. The molecule has 0 bridgehead atoms. The number of halogens is 3. The minimum absolute atomic E-state index is 0.156. The van der Waals surface area contributed by atoms with Crippen molar-refractivity contribution in [2.45, 2.75) is 6.92 Å². The first kappa shape index (κ1) is 19.2. The number of carbonyl (C=O) groups is 1. The van der Waals surface area contributed by atoms with Gasteiger partial charge in [0.05, 0.1) is 4.47 Å². The van der Waals surface area contributed by atoms with Gasteiger partial charge < -0.3 is 10.1 Å². The Morgan fingerprint density at radius 3 is 2.75 bits per heavy atom. The smallest absolute Gasteiger partial charge is 0.264 e. The molecule has 0 fully saturated rings. The van der Waals surface area contributed by atoms with Crippen molar-refractivity contribution in [3.63, 3.8) is 0 Å². The molecule has 2 aromatic carbocycles. The zero-order valence-electron chi connectivity index (χ0n) is 12.5. The number of anilines is 1. The maximum absolute atomic E-state index is 11.9. The summed E-state index contributed by atoms with van der Waals surface area (Å²) in [5, 5.41) is 6.31. The van der Waals surface area contributed by atoms with Crippen LogP contribution in [-0.4, -0.2) is 17.6 Å². The van der Waals surface area contributed by atoms with Crippen molar-refractivity contribution in [2.24, 2.45) is 0 Å². The van der Waals surface area contributed by atoms with Crippen molar-refractivity contribution in [1.82, 2.24) is 5.32 Å². The molecule has 8 heteroatoms. The first-order chi connectivity index (χ1) is 11.4. The van der Waals surface area contributed by atoms with Crippen molar-refractivity contribution in [3.05, 3.63) is 55.9 Å². The molecular weight excluding hydrogens is 480 g/mol. The zero-order chi connectivity index (χ0) is 17.7. The quantitative estimate of drug-likeness (QED) is 0.586. The van der Waals surface area contributed by atoms with Crippen LogP contribution in [0.5, 0.6) is 5.75 Å². The van der Waals surface area contributed by atoms with E-state index in [1.165, 1.54) is 0 Å². The average molecular weight is 493 g/mol. The molecule has 0 aliphatic heterocycles. The van der Waals surface area contributed by atoms with E-state index in [-0.39, 0.29) is 17.6 Å². The lowest BCUT2D eigenvalue weighted by molar-refractivity contribution is -0.121. The van der Waals surface area contributed by atoms with E-state index in [2.05, 4.69) is 42.5 Å². The van der Waals surface area contributed by atoms with E-state index in [1.54, 1.807) is 18.2 Å². The lowest BCUT2D eigenvalue weighted by Crippen LogP contribution is -2.37. The predicted molar refractivity (Wildman–Crippen MR) is 108 cm³/mol. The van der Waals surface area contributed by atoms with Crippen LogP contribution >= 0.6 is 55.7 Å². The van der Waals surface area contributed by atoms with Gasteiger partial charge in [0, 0.05) is 15.2 Å². The standard InChI is InChI=1S/C16H13Br2ClN2O2S/c1-9-12(19)3-2-4-13(9)20-16(24)21-15(22)8-23-14-6-5-10(17)7-11(14)18/h2-7H,8H2,1H3,(H2,20,21,22,24). The largest absolute Gasteiger partial charge is 0.483 e. The number of rotatable bonds is 4. The van der Waals surface area contributed by atoms with Gasteiger partial charge in [-0.3, -0.25) is 10.1 Å². The summed E-state index contributed by atoms with van der Waals surface area (Å²) in [5.74, 6) is 0.208. The van der Waals surface area contributed by atoms with Gasteiger partial charge in [0.2, 0.25) is 0 Å². The minimum Gasteiger partial charge on any atom is -0.483 e. The summed E-state index contributed by atoms with van der Waals surface area (Å²) in [4.78, 5) is 11.9. The molecule has 0 aliphatic carbocycles. The van der Waals surface area contributed by atoms with Crippen molar-refractivity contribution in [1.29, 1.82) is 0 Å². The van der Waals surface area contributed by atoms with Crippen LogP contribution in [0.3, 0.4) is 0 Å². The van der Waals surface area contributed by atoms with Crippen LogP contribution in [0.2, 0.25) is 5.02 Å². The summed E-state index contributed by atoms with van der Waals surface area (Å²) >= 11 is 17.9. The highest BCUT2D eigenvalue weighted by Crippen LogP contribution is 2.28. The maximum atomic E-state index is 11.9. The van der Waals surface area contributed by atoms with Gasteiger partial charge in [0.1, 0.15) is 5.75 Å². The molecule has 0 saturated carbocycles. The van der Waals surface area contributed by atoms with E-state index in [1.807, 2.05) is 25.1 Å². The second-order valence-electron chi connectivity index (χ2n) is 4.78. The van der Waals surface area contributed by atoms with Gasteiger partial charge in [-0.2, -0.15) is 0 Å². The van der Waals surface area contributed by atoms with Gasteiger partial charge in [-0.1, -0.05) is 33.6 Å². The molecule has 0 aliphatic rings.